The van der Waals surface area contributed by atoms with Crippen LogP contribution >= 0.6 is 11.8 Å². The molecule has 8 heteroatoms. The minimum atomic E-state index is -1.75. The minimum Gasteiger partial charge on any atom is -0.461 e. The second-order valence-corrected chi connectivity index (χ2v) is 7.64. The molecule has 0 aliphatic carbocycles. The summed E-state index contributed by atoms with van der Waals surface area (Å²) < 4.78 is 30.5. The summed E-state index contributed by atoms with van der Waals surface area (Å²) in [5.74, 6) is -1.94. The van der Waals surface area contributed by atoms with Gasteiger partial charge in [-0.3, -0.25) is 4.79 Å². The lowest BCUT2D eigenvalue weighted by Crippen LogP contribution is -2.37. The zero-order valence-corrected chi connectivity index (χ0v) is 16.3. The average molecular weight is 418 g/mol. The Morgan fingerprint density at radius 1 is 0.897 bits per heavy atom. The number of thioether (sulfide) groups is 1. The van der Waals surface area contributed by atoms with E-state index in [-0.39, 0.29) is 12.2 Å². The molecule has 2 unspecified atom stereocenters. The first-order chi connectivity index (χ1) is 14.0. The van der Waals surface area contributed by atoms with Gasteiger partial charge in [-0.2, -0.15) is 0 Å². The Balaban J connectivity index is 1.70. The second-order valence-electron chi connectivity index (χ2n) is 6.30. The van der Waals surface area contributed by atoms with E-state index < -0.39 is 40.9 Å². The highest BCUT2D eigenvalue weighted by Gasteiger charge is 2.49. The van der Waals surface area contributed by atoms with Gasteiger partial charge < -0.3 is 14.2 Å². The fourth-order valence-corrected chi connectivity index (χ4v) is 4.15. The lowest BCUT2D eigenvalue weighted by atomic mass is 10.1. The topological polar surface area (TPSA) is 78.9 Å². The van der Waals surface area contributed by atoms with Crippen molar-refractivity contribution in [3.63, 3.8) is 0 Å². The van der Waals surface area contributed by atoms with Gasteiger partial charge in [-0.15, -0.1) is 11.8 Å². The van der Waals surface area contributed by atoms with E-state index in [9.17, 15) is 18.8 Å². The third-order valence-electron chi connectivity index (χ3n) is 4.17. The number of benzene rings is 2. The lowest BCUT2D eigenvalue weighted by Gasteiger charge is -2.20. The zero-order valence-electron chi connectivity index (χ0n) is 15.5. The Hall–Kier alpha value is -2.87. The smallest absolute Gasteiger partial charge is 0.338 e. The molecule has 2 aromatic carbocycles. The number of hydrogen-bond donors (Lipinski definition) is 0. The maximum absolute atomic E-state index is 14.9. The SMILES string of the molecule is CC(=O)OC1SC(COC(=O)c2ccccc2)[C@@H](OC(=O)c2ccccc2)[C@@H]1F. The first-order valence-electron chi connectivity index (χ1n) is 8.90. The van der Waals surface area contributed by atoms with Crippen LogP contribution in [0.25, 0.3) is 0 Å². The number of rotatable bonds is 6. The molecule has 0 spiro atoms. The van der Waals surface area contributed by atoms with Gasteiger partial charge in [0.15, 0.2) is 17.7 Å². The van der Waals surface area contributed by atoms with E-state index in [1.807, 2.05) is 0 Å². The van der Waals surface area contributed by atoms with Crippen molar-refractivity contribution >= 4 is 29.7 Å². The molecule has 1 saturated heterocycles. The van der Waals surface area contributed by atoms with Gasteiger partial charge in [-0.05, 0) is 24.3 Å². The van der Waals surface area contributed by atoms with Gasteiger partial charge in [-0.25, -0.2) is 14.0 Å². The monoisotopic (exact) mass is 418 g/mol. The molecule has 2 aromatic rings. The van der Waals surface area contributed by atoms with E-state index in [0.29, 0.717) is 5.56 Å². The van der Waals surface area contributed by atoms with Crippen molar-refractivity contribution in [1.82, 2.24) is 0 Å². The molecule has 0 saturated carbocycles. The quantitative estimate of drug-likeness (QED) is 0.525. The number of esters is 3. The molecule has 6 nitrogen and oxygen atoms in total. The predicted molar refractivity (Wildman–Crippen MR) is 104 cm³/mol. The number of hydrogen-bond acceptors (Lipinski definition) is 7. The van der Waals surface area contributed by atoms with Crippen molar-refractivity contribution in [2.75, 3.05) is 6.61 Å². The summed E-state index contributed by atoms with van der Waals surface area (Å²) in [5.41, 5.74) is -0.538. The highest BCUT2D eigenvalue weighted by Crippen LogP contribution is 2.39. The highest BCUT2D eigenvalue weighted by molar-refractivity contribution is 8.00. The molecule has 3 rings (SSSR count). The second kappa shape index (κ2) is 9.56. The van der Waals surface area contributed by atoms with E-state index in [2.05, 4.69) is 0 Å². The van der Waals surface area contributed by atoms with E-state index in [1.54, 1.807) is 60.7 Å². The molecule has 0 aromatic heterocycles. The maximum atomic E-state index is 14.9. The average Bonchev–Trinajstić information content (AvgIpc) is 3.01. The molecule has 1 aliphatic rings. The molecule has 0 N–H and O–H groups in total. The first-order valence-corrected chi connectivity index (χ1v) is 9.85. The number of carbonyl (C=O) groups is 3. The van der Waals surface area contributed by atoms with Crippen molar-refractivity contribution in [2.45, 2.75) is 29.9 Å². The van der Waals surface area contributed by atoms with Gasteiger partial charge >= 0.3 is 17.9 Å². The maximum Gasteiger partial charge on any atom is 0.338 e. The first kappa shape index (κ1) is 20.9. The molecular formula is C21H19FO6S. The van der Waals surface area contributed by atoms with Crippen LogP contribution in [0.5, 0.6) is 0 Å². The van der Waals surface area contributed by atoms with Crippen LogP contribution in [0.2, 0.25) is 0 Å². The fraction of sp³-hybridized carbons (Fsp3) is 0.286. The Kier molecular flexibility index (Phi) is 6.87. The van der Waals surface area contributed by atoms with Gasteiger partial charge in [0.2, 0.25) is 0 Å². The third kappa shape index (κ3) is 5.35. The van der Waals surface area contributed by atoms with Crippen LogP contribution in [0, 0.1) is 0 Å². The summed E-state index contributed by atoms with van der Waals surface area (Å²) in [4.78, 5) is 35.8. The van der Waals surface area contributed by atoms with Crippen molar-refractivity contribution < 1.29 is 33.0 Å². The molecule has 4 atom stereocenters. The van der Waals surface area contributed by atoms with Crippen LogP contribution in [0.3, 0.4) is 0 Å². The van der Waals surface area contributed by atoms with Gasteiger partial charge in [0, 0.05) is 6.92 Å². The normalized spacial score (nSPS) is 23.2. The molecule has 152 valence electrons. The van der Waals surface area contributed by atoms with Crippen LogP contribution < -0.4 is 0 Å². The Bertz CT molecular complexity index is 860. The molecule has 29 heavy (non-hydrogen) atoms. The van der Waals surface area contributed by atoms with Gasteiger partial charge in [0.1, 0.15) is 6.61 Å². The molecule has 0 bridgehead atoms. The third-order valence-corrected chi connectivity index (χ3v) is 5.55. The minimum absolute atomic E-state index is 0.205. The Labute approximate surface area is 171 Å². The summed E-state index contributed by atoms with van der Waals surface area (Å²) in [7, 11) is 0. The van der Waals surface area contributed by atoms with Gasteiger partial charge in [0.25, 0.3) is 0 Å². The van der Waals surface area contributed by atoms with Gasteiger partial charge in [0.05, 0.1) is 16.4 Å². The molecule has 1 heterocycles. The fourth-order valence-electron chi connectivity index (χ4n) is 2.80. The van der Waals surface area contributed by atoms with Crippen LogP contribution in [0.15, 0.2) is 60.7 Å². The largest absolute Gasteiger partial charge is 0.461 e. The van der Waals surface area contributed by atoms with Crippen molar-refractivity contribution in [1.29, 1.82) is 0 Å². The summed E-state index contributed by atoms with van der Waals surface area (Å²) in [6, 6.07) is 16.5. The Morgan fingerprint density at radius 3 is 2.00 bits per heavy atom. The number of carbonyl (C=O) groups excluding carboxylic acids is 3. The van der Waals surface area contributed by atoms with E-state index in [4.69, 9.17) is 14.2 Å². The van der Waals surface area contributed by atoms with Crippen molar-refractivity contribution in [2.24, 2.45) is 0 Å². The number of halogens is 1. The molecule has 0 amide bonds. The summed E-state index contributed by atoms with van der Waals surface area (Å²) in [6.45, 7) is 0.963. The number of alkyl halides is 1. The highest BCUT2D eigenvalue weighted by atomic mass is 32.2. The summed E-state index contributed by atoms with van der Waals surface area (Å²) >= 11 is 0.957. The van der Waals surface area contributed by atoms with Crippen LogP contribution in [-0.2, 0) is 19.0 Å². The zero-order chi connectivity index (χ0) is 20.8. The van der Waals surface area contributed by atoms with E-state index in [1.165, 1.54) is 6.92 Å². The van der Waals surface area contributed by atoms with Crippen molar-refractivity contribution in [3.05, 3.63) is 71.8 Å². The molecule has 1 fully saturated rings. The molecule has 0 radical (unpaired) electrons. The van der Waals surface area contributed by atoms with Crippen molar-refractivity contribution in [3.8, 4) is 0 Å². The van der Waals surface area contributed by atoms with Gasteiger partial charge in [-0.1, -0.05) is 36.4 Å². The van der Waals surface area contributed by atoms with E-state index >= 15 is 0 Å². The predicted octanol–water partition coefficient (Wildman–Crippen LogP) is 3.41. The number of ether oxygens (including phenoxy) is 3. The lowest BCUT2D eigenvalue weighted by molar-refractivity contribution is -0.145. The molecular weight excluding hydrogens is 399 g/mol. The molecule has 1 aliphatic heterocycles. The van der Waals surface area contributed by atoms with Crippen LogP contribution in [-0.4, -0.2) is 47.5 Å². The summed E-state index contributed by atoms with van der Waals surface area (Å²) in [5, 5.41) is -0.727. The Morgan fingerprint density at radius 2 is 1.45 bits per heavy atom. The van der Waals surface area contributed by atoms with Crippen LogP contribution in [0.1, 0.15) is 27.6 Å². The van der Waals surface area contributed by atoms with Crippen LogP contribution in [0.4, 0.5) is 4.39 Å². The standard InChI is InChI=1S/C21H19FO6S/c1-13(23)27-21-17(22)18(28-20(25)15-10-6-3-7-11-15)16(29-21)12-26-19(24)14-8-4-2-5-9-14/h2-11,16-18,21H,12H2,1H3/t16?,17-,18+,21?/m0/s1. The van der Waals surface area contributed by atoms with E-state index in [0.717, 1.165) is 11.8 Å². The summed E-state index contributed by atoms with van der Waals surface area (Å²) in [6.07, 6.45) is -2.99.